The first-order valence-corrected chi connectivity index (χ1v) is 8.94. The summed E-state index contributed by atoms with van der Waals surface area (Å²) in [4.78, 5) is 12.4. The van der Waals surface area contributed by atoms with Gasteiger partial charge in [-0.05, 0) is 45.7 Å². The van der Waals surface area contributed by atoms with Crippen molar-refractivity contribution in [3.05, 3.63) is 35.9 Å². The molecular formula is C21H30O4. The fourth-order valence-corrected chi connectivity index (χ4v) is 2.38. The number of rotatable bonds is 8. The summed E-state index contributed by atoms with van der Waals surface area (Å²) in [5.41, 5.74) is -0.0987. The van der Waals surface area contributed by atoms with Gasteiger partial charge in [0.05, 0.1) is 24.2 Å². The van der Waals surface area contributed by atoms with Crippen LogP contribution < -0.4 is 0 Å². The molecule has 1 aromatic carbocycles. The Morgan fingerprint density at radius 3 is 2.32 bits per heavy atom. The number of aliphatic hydroxyl groups excluding tert-OH is 1. The molecule has 1 aromatic rings. The van der Waals surface area contributed by atoms with Crippen LogP contribution in [0, 0.1) is 17.3 Å². The Bertz CT molecular complexity index is 583. The average Bonchev–Trinajstić information content (AvgIpc) is 2.62. The average molecular weight is 346 g/mol. The number of benzene rings is 1. The van der Waals surface area contributed by atoms with Gasteiger partial charge in [-0.15, -0.1) is 0 Å². The van der Waals surface area contributed by atoms with Crippen LogP contribution in [0.25, 0.3) is 0 Å². The number of carbonyl (C=O) groups is 1. The Kier molecular flexibility index (Phi) is 8.68. The molecule has 0 radical (unpaired) electrons. The van der Waals surface area contributed by atoms with Gasteiger partial charge in [-0.25, -0.2) is 0 Å². The van der Waals surface area contributed by atoms with Crippen LogP contribution in [0.4, 0.5) is 0 Å². The Balaban J connectivity index is 3.13. The first-order chi connectivity index (χ1) is 11.9. The predicted molar refractivity (Wildman–Crippen MR) is 99.0 cm³/mol. The molecule has 1 N–H and O–H groups in total. The molecule has 138 valence electrons. The van der Waals surface area contributed by atoms with Crippen LogP contribution in [0.3, 0.4) is 0 Å². The lowest BCUT2D eigenvalue weighted by Gasteiger charge is -2.33. The molecule has 0 aromatic heterocycles. The lowest BCUT2D eigenvalue weighted by molar-refractivity contribution is -0.165. The molecule has 0 aliphatic carbocycles. The molecule has 3 atom stereocenters. The van der Waals surface area contributed by atoms with Gasteiger partial charge in [-0.1, -0.05) is 43.9 Å². The third-order valence-corrected chi connectivity index (χ3v) is 4.14. The third kappa shape index (κ3) is 6.19. The van der Waals surface area contributed by atoms with Crippen molar-refractivity contribution in [2.45, 2.75) is 65.8 Å². The van der Waals surface area contributed by atoms with E-state index >= 15 is 0 Å². The van der Waals surface area contributed by atoms with E-state index < -0.39 is 17.6 Å². The fraction of sp³-hybridized carbons (Fsp3) is 0.571. The Morgan fingerprint density at radius 1 is 1.16 bits per heavy atom. The van der Waals surface area contributed by atoms with Gasteiger partial charge in [-0.2, -0.15) is 0 Å². The molecule has 0 saturated heterocycles. The molecule has 0 amide bonds. The zero-order chi connectivity index (χ0) is 18.9. The Hall–Kier alpha value is -1.83. The summed E-state index contributed by atoms with van der Waals surface area (Å²) in [5, 5.41) is 10.2. The molecule has 0 spiro atoms. The molecule has 0 fully saturated rings. The predicted octanol–water partition coefficient (Wildman–Crippen LogP) is 3.56. The van der Waals surface area contributed by atoms with Gasteiger partial charge in [-0.3, -0.25) is 4.79 Å². The molecular weight excluding hydrogens is 316 g/mol. The lowest BCUT2D eigenvalue weighted by Crippen LogP contribution is -2.43. The van der Waals surface area contributed by atoms with Gasteiger partial charge in [0, 0.05) is 5.56 Å². The molecule has 0 aliphatic rings. The second kappa shape index (κ2) is 10.2. The van der Waals surface area contributed by atoms with E-state index in [-0.39, 0.29) is 12.1 Å². The first-order valence-electron chi connectivity index (χ1n) is 8.94. The van der Waals surface area contributed by atoms with Crippen LogP contribution in [0.15, 0.2) is 30.3 Å². The summed E-state index contributed by atoms with van der Waals surface area (Å²) in [6.45, 7) is 9.45. The minimum absolute atomic E-state index is 0.301. The topological polar surface area (TPSA) is 55.8 Å². The van der Waals surface area contributed by atoms with Gasteiger partial charge in [0.1, 0.15) is 6.10 Å². The van der Waals surface area contributed by atoms with E-state index in [2.05, 4.69) is 11.8 Å². The van der Waals surface area contributed by atoms with Gasteiger partial charge >= 0.3 is 5.97 Å². The van der Waals surface area contributed by atoms with Crippen molar-refractivity contribution in [3.8, 4) is 11.8 Å². The Morgan fingerprint density at radius 2 is 1.80 bits per heavy atom. The normalized spacial score (nSPS) is 14.8. The van der Waals surface area contributed by atoms with E-state index in [9.17, 15) is 9.90 Å². The highest BCUT2D eigenvalue weighted by Gasteiger charge is 2.40. The van der Waals surface area contributed by atoms with Crippen LogP contribution in [0.2, 0.25) is 0 Å². The van der Waals surface area contributed by atoms with Gasteiger partial charge in [0.15, 0.2) is 0 Å². The van der Waals surface area contributed by atoms with Crippen molar-refractivity contribution in [2.24, 2.45) is 5.41 Å². The van der Waals surface area contributed by atoms with E-state index in [0.29, 0.717) is 19.4 Å². The van der Waals surface area contributed by atoms with Gasteiger partial charge in [0.2, 0.25) is 0 Å². The minimum atomic E-state index is -0.946. The van der Waals surface area contributed by atoms with Crippen molar-refractivity contribution < 1.29 is 19.4 Å². The number of ether oxygens (including phenoxy) is 2. The summed E-state index contributed by atoms with van der Waals surface area (Å²) in [5.74, 6) is 5.79. The van der Waals surface area contributed by atoms with Crippen molar-refractivity contribution in [2.75, 3.05) is 6.61 Å². The molecule has 0 saturated carbocycles. The SMILES string of the molecule is CCOC(=O)C(C)(C)[C@@H](C#Cc1ccccc1)O[C@H](CC)[C@@H](O)CC. The van der Waals surface area contributed by atoms with Crippen molar-refractivity contribution >= 4 is 5.97 Å². The minimum Gasteiger partial charge on any atom is -0.465 e. The summed E-state index contributed by atoms with van der Waals surface area (Å²) in [6, 6.07) is 9.55. The molecule has 0 unspecified atom stereocenters. The van der Waals surface area contributed by atoms with E-state index in [1.807, 2.05) is 44.2 Å². The lowest BCUT2D eigenvalue weighted by atomic mass is 9.86. The first kappa shape index (κ1) is 21.2. The quantitative estimate of drug-likeness (QED) is 0.578. The van der Waals surface area contributed by atoms with Gasteiger partial charge in [0.25, 0.3) is 0 Å². The van der Waals surface area contributed by atoms with Crippen molar-refractivity contribution in [3.63, 3.8) is 0 Å². The number of carbonyl (C=O) groups excluding carboxylic acids is 1. The third-order valence-electron chi connectivity index (χ3n) is 4.14. The molecule has 1 rings (SSSR count). The number of esters is 1. The van der Waals surface area contributed by atoms with Gasteiger partial charge < -0.3 is 14.6 Å². The fourth-order valence-electron chi connectivity index (χ4n) is 2.38. The van der Waals surface area contributed by atoms with Crippen molar-refractivity contribution in [1.82, 2.24) is 0 Å². The zero-order valence-corrected chi connectivity index (χ0v) is 15.9. The molecule has 0 aliphatic heterocycles. The second-order valence-electron chi connectivity index (χ2n) is 6.52. The maximum Gasteiger partial charge on any atom is 0.315 e. The van der Waals surface area contributed by atoms with Crippen LogP contribution in [-0.2, 0) is 14.3 Å². The summed E-state index contributed by atoms with van der Waals surface area (Å²) in [7, 11) is 0. The molecule has 25 heavy (non-hydrogen) atoms. The maximum absolute atomic E-state index is 12.4. The number of hydrogen-bond acceptors (Lipinski definition) is 4. The molecule has 0 bridgehead atoms. The smallest absolute Gasteiger partial charge is 0.315 e. The van der Waals surface area contributed by atoms with E-state index in [1.54, 1.807) is 20.8 Å². The van der Waals surface area contributed by atoms with E-state index in [1.165, 1.54) is 0 Å². The number of aliphatic hydroxyl groups is 1. The molecule has 0 heterocycles. The standard InChI is InChI=1S/C21H30O4/c1-6-17(22)18(7-2)25-19(21(4,5)20(23)24-8-3)15-14-16-12-10-9-11-13-16/h9-13,17-19,22H,6-8H2,1-5H3/t17-,18+,19+/m0/s1. The van der Waals surface area contributed by atoms with Crippen LogP contribution in [0.5, 0.6) is 0 Å². The molecule has 4 nitrogen and oxygen atoms in total. The maximum atomic E-state index is 12.4. The summed E-state index contributed by atoms with van der Waals surface area (Å²) < 4.78 is 11.3. The highest BCUT2D eigenvalue weighted by atomic mass is 16.5. The number of hydrogen-bond donors (Lipinski definition) is 1. The highest BCUT2D eigenvalue weighted by molar-refractivity contribution is 5.77. The van der Waals surface area contributed by atoms with Crippen LogP contribution in [0.1, 0.15) is 53.0 Å². The summed E-state index contributed by atoms with van der Waals surface area (Å²) >= 11 is 0. The van der Waals surface area contributed by atoms with Crippen molar-refractivity contribution in [1.29, 1.82) is 0 Å². The largest absolute Gasteiger partial charge is 0.465 e. The van der Waals surface area contributed by atoms with Crippen LogP contribution in [-0.4, -0.2) is 36.0 Å². The molecule has 4 heteroatoms. The van der Waals surface area contributed by atoms with E-state index in [0.717, 1.165) is 5.56 Å². The highest BCUT2D eigenvalue weighted by Crippen LogP contribution is 2.28. The summed E-state index contributed by atoms with van der Waals surface area (Å²) in [6.07, 6.45) is -0.440. The van der Waals surface area contributed by atoms with E-state index in [4.69, 9.17) is 9.47 Å². The Labute approximate surface area is 151 Å². The zero-order valence-electron chi connectivity index (χ0n) is 15.9. The van der Waals surface area contributed by atoms with Crippen LogP contribution >= 0.6 is 0 Å². The monoisotopic (exact) mass is 346 g/mol. The second-order valence-corrected chi connectivity index (χ2v) is 6.52.